The van der Waals surface area contributed by atoms with Gasteiger partial charge < -0.3 is 4.90 Å². The summed E-state index contributed by atoms with van der Waals surface area (Å²) < 4.78 is 27.2. The SMILES string of the molecule is CCN(Cc1ccccn1)C(=O)C1Cc2ccccc2S(=O)(=O)N1. The summed E-state index contributed by atoms with van der Waals surface area (Å²) in [7, 11) is -3.66. The predicted octanol–water partition coefficient (Wildman–Crippen LogP) is 1.33. The number of benzene rings is 1. The zero-order chi connectivity index (χ0) is 17.2. The number of sulfonamides is 1. The Balaban J connectivity index is 1.82. The molecule has 1 amide bonds. The number of carbonyl (C=O) groups is 1. The quantitative estimate of drug-likeness (QED) is 0.907. The first-order chi connectivity index (χ1) is 11.5. The summed E-state index contributed by atoms with van der Waals surface area (Å²) >= 11 is 0. The molecule has 24 heavy (non-hydrogen) atoms. The number of likely N-dealkylation sites (N-methyl/N-ethyl adjacent to an activating group) is 1. The Morgan fingerprint density at radius 1 is 1.25 bits per heavy atom. The van der Waals surface area contributed by atoms with Gasteiger partial charge in [0, 0.05) is 12.7 Å². The van der Waals surface area contributed by atoms with Gasteiger partial charge in [-0.3, -0.25) is 9.78 Å². The van der Waals surface area contributed by atoms with Crippen molar-refractivity contribution in [3.8, 4) is 0 Å². The Morgan fingerprint density at radius 3 is 2.71 bits per heavy atom. The molecule has 1 atom stereocenters. The molecule has 0 saturated carbocycles. The van der Waals surface area contributed by atoms with Gasteiger partial charge in [-0.05, 0) is 37.1 Å². The molecular weight excluding hydrogens is 326 g/mol. The number of carbonyl (C=O) groups excluding carboxylic acids is 1. The van der Waals surface area contributed by atoms with Gasteiger partial charge in [0.15, 0.2) is 0 Å². The number of fused-ring (bicyclic) bond motifs is 1. The van der Waals surface area contributed by atoms with Crippen LogP contribution in [-0.2, 0) is 27.8 Å². The molecule has 0 bridgehead atoms. The van der Waals surface area contributed by atoms with Gasteiger partial charge in [-0.25, -0.2) is 8.42 Å². The Morgan fingerprint density at radius 2 is 2.00 bits per heavy atom. The molecule has 2 heterocycles. The highest BCUT2D eigenvalue weighted by molar-refractivity contribution is 7.89. The van der Waals surface area contributed by atoms with Crippen molar-refractivity contribution in [2.45, 2.75) is 30.8 Å². The van der Waals surface area contributed by atoms with E-state index in [1.165, 1.54) is 0 Å². The van der Waals surface area contributed by atoms with E-state index in [9.17, 15) is 13.2 Å². The number of hydrogen-bond donors (Lipinski definition) is 1. The van der Waals surface area contributed by atoms with E-state index in [1.54, 1.807) is 35.4 Å². The van der Waals surface area contributed by atoms with Crippen molar-refractivity contribution in [2.24, 2.45) is 0 Å². The monoisotopic (exact) mass is 345 g/mol. The average molecular weight is 345 g/mol. The van der Waals surface area contributed by atoms with Gasteiger partial charge in [0.1, 0.15) is 6.04 Å². The zero-order valence-electron chi connectivity index (χ0n) is 13.3. The Labute approximate surface area is 141 Å². The third-order valence-corrected chi connectivity index (χ3v) is 5.63. The van der Waals surface area contributed by atoms with Crippen LogP contribution < -0.4 is 4.72 Å². The lowest BCUT2D eigenvalue weighted by Gasteiger charge is -2.30. The minimum absolute atomic E-state index is 0.235. The number of nitrogens with one attached hydrogen (secondary N) is 1. The van der Waals surface area contributed by atoms with E-state index in [0.29, 0.717) is 25.1 Å². The largest absolute Gasteiger partial charge is 0.336 e. The number of rotatable bonds is 4. The van der Waals surface area contributed by atoms with Crippen LogP contribution in [0.3, 0.4) is 0 Å². The first-order valence-electron chi connectivity index (χ1n) is 7.80. The van der Waals surface area contributed by atoms with Crippen molar-refractivity contribution in [3.63, 3.8) is 0 Å². The maximum atomic E-state index is 12.8. The van der Waals surface area contributed by atoms with Crippen LogP contribution in [0.2, 0.25) is 0 Å². The molecule has 1 N–H and O–H groups in total. The molecule has 2 aromatic rings. The molecule has 1 unspecified atom stereocenters. The summed E-state index contributed by atoms with van der Waals surface area (Å²) in [6.07, 6.45) is 2.03. The third kappa shape index (κ3) is 3.32. The van der Waals surface area contributed by atoms with Gasteiger partial charge in [0.05, 0.1) is 17.1 Å². The van der Waals surface area contributed by atoms with Crippen molar-refractivity contribution in [2.75, 3.05) is 6.54 Å². The molecule has 0 saturated heterocycles. The molecule has 1 aliphatic heterocycles. The fraction of sp³-hybridized carbons (Fsp3) is 0.294. The van der Waals surface area contributed by atoms with Crippen molar-refractivity contribution >= 4 is 15.9 Å². The second-order valence-electron chi connectivity index (χ2n) is 5.66. The average Bonchev–Trinajstić information content (AvgIpc) is 2.59. The lowest BCUT2D eigenvalue weighted by molar-refractivity contribution is -0.133. The van der Waals surface area contributed by atoms with Crippen LogP contribution >= 0.6 is 0 Å². The number of nitrogens with zero attached hydrogens (tertiary/aromatic N) is 2. The van der Waals surface area contributed by atoms with Crippen molar-refractivity contribution < 1.29 is 13.2 Å². The van der Waals surface area contributed by atoms with Crippen LogP contribution in [0.4, 0.5) is 0 Å². The predicted molar refractivity (Wildman–Crippen MR) is 89.6 cm³/mol. The number of pyridine rings is 1. The summed E-state index contributed by atoms with van der Waals surface area (Å²) in [5, 5.41) is 0. The standard InChI is InChI=1S/C17H19N3O3S/c1-2-20(12-14-8-5-6-10-18-14)17(21)15-11-13-7-3-4-9-16(13)24(22,23)19-15/h3-10,15,19H,2,11-12H2,1H3. The molecule has 7 heteroatoms. The second kappa shape index (κ2) is 6.70. The zero-order valence-corrected chi connectivity index (χ0v) is 14.2. The van der Waals surface area contributed by atoms with Gasteiger partial charge in [-0.1, -0.05) is 24.3 Å². The highest BCUT2D eigenvalue weighted by Gasteiger charge is 2.35. The van der Waals surface area contributed by atoms with Crippen molar-refractivity contribution in [3.05, 3.63) is 59.9 Å². The van der Waals surface area contributed by atoms with E-state index in [1.807, 2.05) is 25.1 Å². The fourth-order valence-electron chi connectivity index (χ4n) is 2.84. The van der Waals surface area contributed by atoms with Crippen molar-refractivity contribution in [1.82, 2.24) is 14.6 Å². The van der Waals surface area contributed by atoms with E-state index in [-0.39, 0.29) is 10.8 Å². The smallest absolute Gasteiger partial charge is 0.241 e. The van der Waals surface area contributed by atoms with Gasteiger partial charge in [-0.15, -0.1) is 0 Å². The molecule has 126 valence electrons. The van der Waals surface area contributed by atoms with E-state index >= 15 is 0 Å². The molecule has 1 aliphatic rings. The summed E-state index contributed by atoms with van der Waals surface area (Å²) in [4.78, 5) is 18.9. The maximum Gasteiger partial charge on any atom is 0.241 e. The van der Waals surface area contributed by atoms with Crippen molar-refractivity contribution in [1.29, 1.82) is 0 Å². The van der Waals surface area contributed by atoms with Crippen LogP contribution in [0.25, 0.3) is 0 Å². The highest BCUT2D eigenvalue weighted by atomic mass is 32.2. The maximum absolute atomic E-state index is 12.8. The fourth-order valence-corrected chi connectivity index (χ4v) is 4.28. The Kier molecular flexibility index (Phi) is 4.64. The molecule has 0 spiro atoms. The molecule has 1 aromatic carbocycles. The molecule has 0 fully saturated rings. The van der Waals surface area contributed by atoms with Crippen LogP contribution in [0, 0.1) is 0 Å². The van der Waals surface area contributed by atoms with Crippen LogP contribution in [0.15, 0.2) is 53.6 Å². The summed E-state index contributed by atoms with van der Waals surface area (Å²) in [5.41, 5.74) is 1.44. The Hall–Kier alpha value is -2.25. The lowest BCUT2D eigenvalue weighted by atomic mass is 10.0. The van der Waals surface area contributed by atoms with Crippen LogP contribution in [-0.4, -0.2) is 36.8 Å². The highest BCUT2D eigenvalue weighted by Crippen LogP contribution is 2.23. The first-order valence-corrected chi connectivity index (χ1v) is 9.28. The first kappa shape index (κ1) is 16.6. The minimum Gasteiger partial charge on any atom is -0.336 e. The number of amides is 1. The molecular formula is C17H19N3O3S. The molecule has 6 nitrogen and oxygen atoms in total. The number of aromatic nitrogens is 1. The summed E-state index contributed by atoms with van der Waals surface area (Å²) in [6.45, 7) is 2.71. The summed E-state index contributed by atoms with van der Waals surface area (Å²) in [5.74, 6) is -0.235. The van der Waals surface area contributed by atoms with Crippen LogP contribution in [0.5, 0.6) is 0 Å². The molecule has 0 radical (unpaired) electrons. The van der Waals surface area contributed by atoms with Gasteiger partial charge in [0.25, 0.3) is 0 Å². The van der Waals surface area contributed by atoms with E-state index < -0.39 is 16.1 Å². The number of hydrogen-bond acceptors (Lipinski definition) is 4. The van der Waals surface area contributed by atoms with E-state index in [2.05, 4.69) is 9.71 Å². The molecule has 1 aromatic heterocycles. The third-order valence-electron chi connectivity index (χ3n) is 4.05. The molecule has 3 rings (SSSR count). The second-order valence-corrected chi connectivity index (χ2v) is 7.34. The van der Waals surface area contributed by atoms with Gasteiger partial charge >= 0.3 is 0 Å². The van der Waals surface area contributed by atoms with Crippen LogP contribution in [0.1, 0.15) is 18.2 Å². The minimum atomic E-state index is -3.66. The van der Waals surface area contributed by atoms with Gasteiger partial charge in [-0.2, -0.15) is 4.72 Å². The molecule has 0 aliphatic carbocycles. The summed E-state index contributed by atoms with van der Waals surface area (Å²) in [6, 6.07) is 11.5. The van der Waals surface area contributed by atoms with Gasteiger partial charge in [0.2, 0.25) is 15.9 Å². The van der Waals surface area contributed by atoms with E-state index in [4.69, 9.17) is 0 Å². The van der Waals surface area contributed by atoms with E-state index in [0.717, 1.165) is 5.69 Å². The lowest BCUT2D eigenvalue weighted by Crippen LogP contribution is -2.51. The Bertz CT molecular complexity index is 837. The topological polar surface area (TPSA) is 79.4 Å². The normalized spacial score (nSPS) is 18.6.